The Balaban J connectivity index is 1.46. The van der Waals surface area contributed by atoms with E-state index in [-0.39, 0.29) is 0 Å². The molecule has 2 heterocycles. The van der Waals surface area contributed by atoms with Crippen LogP contribution >= 0.6 is 22.7 Å². The third-order valence-electron chi connectivity index (χ3n) is 7.73. The molecule has 0 saturated heterocycles. The van der Waals surface area contributed by atoms with Crippen molar-refractivity contribution in [2.75, 3.05) is 0 Å². The summed E-state index contributed by atoms with van der Waals surface area (Å²) in [6.07, 6.45) is 0. The summed E-state index contributed by atoms with van der Waals surface area (Å²) in [4.78, 5) is 0. The standard InChI is InChI=1S/C37H21NS2/c38-22-23-8-5-9-25(20-23)36-26(24-18-19-34-31(21-24)27-10-1-3-15-32(27)39-34)12-6-13-28(36)29-14-7-17-35-37(29)30-11-2-4-16-33(30)40-35/h1-21H. The maximum Gasteiger partial charge on any atom is 0.0991 e. The van der Waals surface area contributed by atoms with Crippen molar-refractivity contribution in [1.82, 2.24) is 0 Å². The van der Waals surface area contributed by atoms with Crippen LogP contribution in [0.1, 0.15) is 5.56 Å². The van der Waals surface area contributed by atoms with Crippen LogP contribution in [0.25, 0.3) is 73.7 Å². The van der Waals surface area contributed by atoms with Crippen molar-refractivity contribution in [3.8, 4) is 39.4 Å². The summed E-state index contributed by atoms with van der Waals surface area (Å²) in [5.41, 5.74) is 7.61. The van der Waals surface area contributed by atoms with Crippen LogP contribution in [-0.2, 0) is 0 Å². The summed E-state index contributed by atoms with van der Waals surface area (Å²) in [5, 5.41) is 14.9. The summed E-state index contributed by atoms with van der Waals surface area (Å²) in [7, 11) is 0. The number of nitrogens with zero attached hydrogens (tertiary/aromatic N) is 1. The smallest absolute Gasteiger partial charge is 0.0991 e. The van der Waals surface area contributed by atoms with Crippen LogP contribution in [0.4, 0.5) is 0 Å². The number of thiophene rings is 2. The first-order chi connectivity index (χ1) is 19.8. The second-order valence-electron chi connectivity index (χ2n) is 10.0. The van der Waals surface area contributed by atoms with Crippen molar-refractivity contribution in [2.45, 2.75) is 0 Å². The summed E-state index contributed by atoms with van der Waals surface area (Å²) in [5.74, 6) is 0. The Morgan fingerprint density at radius 3 is 1.98 bits per heavy atom. The van der Waals surface area contributed by atoms with Gasteiger partial charge in [-0.3, -0.25) is 0 Å². The molecular weight excluding hydrogens is 523 g/mol. The van der Waals surface area contributed by atoms with E-state index in [0.29, 0.717) is 5.56 Å². The second-order valence-corrected chi connectivity index (χ2v) is 12.2. The molecular formula is C37H21NS2. The number of rotatable bonds is 3. The Hall–Kier alpha value is -4.75. The van der Waals surface area contributed by atoms with Crippen molar-refractivity contribution < 1.29 is 0 Å². The zero-order valence-electron chi connectivity index (χ0n) is 21.4. The van der Waals surface area contributed by atoms with Crippen molar-refractivity contribution in [1.29, 1.82) is 5.26 Å². The zero-order valence-corrected chi connectivity index (χ0v) is 23.0. The number of fused-ring (bicyclic) bond motifs is 6. The number of hydrogen-bond acceptors (Lipinski definition) is 3. The molecule has 3 heteroatoms. The largest absolute Gasteiger partial charge is 0.192 e. The van der Waals surface area contributed by atoms with E-state index in [2.05, 4.69) is 115 Å². The van der Waals surface area contributed by atoms with Crippen LogP contribution in [0.15, 0.2) is 127 Å². The maximum atomic E-state index is 9.76. The van der Waals surface area contributed by atoms with Gasteiger partial charge in [-0.15, -0.1) is 22.7 Å². The molecule has 6 aromatic carbocycles. The van der Waals surface area contributed by atoms with Gasteiger partial charge in [-0.25, -0.2) is 0 Å². The van der Waals surface area contributed by atoms with E-state index in [9.17, 15) is 5.26 Å². The third-order valence-corrected chi connectivity index (χ3v) is 10.0. The summed E-state index contributed by atoms with van der Waals surface area (Å²) in [6, 6.07) is 47.8. The van der Waals surface area contributed by atoms with Gasteiger partial charge >= 0.3 is 0 Å². The van der Waals surface area contributed by atoms with Gasteiger partial charge in [-0.2, -0.15) is 5.26 Å². The quantitative estimate of drug-likeness (QED) is 0.217. The molecule has 2 aromatic heterocycles. The molecule has 0 aliphatic heterocycles. The average molecular weight is 544 g/mol. The lowest BCUT2D eigenvalue weighted by atomic mass is 9.86. The van der Waals surface area contributed by atoms with Crippen LogP contribution in [-0.4, -0.2) is 0 Å². The highest BCUT2D eigenvalue weighted by molar-refractivity contribution is 7.26. The molecule has 40 heavy (non-hydrogen) atoms. The minimum atomic E-state index is 0.664. The molecule has 0 fully saturated rings. The first kappa shape index (κ1) is 23.2. The SMILES string of the molecule is N#Cc1cccc(-c2c(-c3ccc4sc5ccccc5c4c3)cccc2-c2cccc3sc4ccccc4c23)c1. The molecule has 0 radical (unpaired) electrons. The van der Waals surface area contributed by atoms with E-state index >= 15 is 0 Å². The summed E-state index contributed by atoms with van der Waals surface area (Å²) in [6.45, 7) is 0. The van der Waals surface area contributed by atoms with E-state index in [1.165, 1.54) is 62.6 Å². The summed E-state index contributed by atoms with van der Waals surface area (Å²) < 4.78 is 5.18. The van der Waals surface area contributed by atoms with E-state index in [1.54, 1.807) is 0 Å². The van der Waals surface area contributed by atoms with Crippen LogP contribution in [0, 0.1) is 11.3 Å². The zero-order chi connectivity index (χ0) is 26.6. The molecule has 0 atom stereocenters. The van der Waals surface area contributed by atoms with Crippen molar-refractivity contribution >= 4 is 63.0 Å². The first-order valence-electron chi connectivity index (χ1n) is 13.2. The lowest BCUT2D eigenvalue weighted by molar-refractivity contribution is 1.48. The molecule has 8 rings (SSSR count). The Morgan fingerprint density at radius 2 is 1.10 bits per heavy atom. The molecule has 0 amide bonds. The van der Waals surface area contributed by atoms with Gasteiger partial charge in [-0.1, -0.05) is 84.9 Å². The molecule has 0 N–H and O–H groups in total. The van der Waals surface area contributed by atoms with Crippen molar-refractivity contribution in [3.63, 3.8) is 0 Å². The normalized spacial score (nSPS) is 11.5. The number of nitriles is 1. The van der Waals surface area contributed by atoms with Crippen LogP contribution in [0.3, 0.4) is 0 Å². The lowest BCUT2D eigenvalue weighted by Crippen LogP contribution is -1.92. The van der Waals surface area contributed by atoms with Crippen LogP contribution < -0.4 is 0 Å². The van der Waals surface area contributed by atoms with E-state index in [4.69, 9.17) is 0 Å². The fourth-order valence-electron chi connectivity index (χ4n) is 5.97. The highest BCUT2D eigenvalue weighted by Crippen LogP contribution is 2.46. The lowest BCUT2D eigenvalue weighted by Gasteiger charge is -2.17. The van der Waals surface area contributed by atoms with Crippen molar-refractivity contribution in [2.24, 2.45) is 0 Å². The molecule has 0 spiro atoms. The second kappa shape index (κ2) is 9.17. The average Bonchev–Trinajstić information content (AvgIpc) is 3.59. The Kier molecular flexibility index (Phi) is 5.31. The van der Waals surface area contributed by atoms with Gasteiger partial charge in [0, 0.05) is 40.3 Å². The van der Waals surface area contributed by atoms with Crippen LogP contribution in [0.5, 0.6) is 0 Å². The number of benzene rings is 6. The minimum Gasteiger partial charge on any atom is -0.192 e. The molecule has 8 aromatic rings. The predicted octanol–water partition coefficient (Wildman–Crippen LogP) is 11.3. The summed E-state index contributed by atoms with van der Waals surface area (Å²) >= 11 is 3.68. The third kappa shape index (κ3) is 3.58. The topological polar surface area (TPSA) is 23.8 Å². The Bertz CT molecular complexity index is 2290. The van der Waals surface area contributed by atoms with E-state index in [1.807, 2.05) is 40.9 Å². The first-order valence-corrected chi connectivity index (χ1v) is 14.9. The van der Waals surface area contributed by atoms with Gasteiger partial charge in [-0.05, 0) is 75.8 Å². The van der Waals surface area contributed by atoms with E-state index in [0.717, 1.165) is 11.1 Å². The molecule has 186 valence electrons. The number of hydrogen-bond donors (Lipinski definition) is 0. The van der Waals surface area contributed by atoms with E-state index < -0.39 is 0 Å². The molecule has 0 aliphatic carbocycles. The maximum absolute atomic E-state index is 9.76. The van der Waals surface area contributed by atoms with Gasteiger partial charge < -0.3 is 0 Å². The predicted molar refractivity (Wildman–Crippen MR) is 173 cm³/mol. The fourth-order valence-corrected chi connectivity index (χ4v) is 8.18. The van der Waals surface area contributed by atoms with Crippen LogP contribution in [0.2, 0.25) is 0 Å². The molecule has 0 bridgehead atoms. The van der Waals surface area contributed by atoms with Gasteiger partial charge in [0.05, 0.1) is 11.6 Å². The molecule has 0 saturated carbocycles. The minimum absolute atomic E-state index is 0.664. The van der Waals surface area contributed by atoms with Gasteiger partial charge in [0.25, 0.3) is 0 Å². The van der Waals surface area contributed by atoms with Gasteiger partial charge in [0.15, 0.2) is 0 Å². The van der Waals surface area contributed by atoms with Gasteiger partial charge in [0.2, 0.25) is 0 Å². The Morgan fingerprint density at radius 1 is 0.450 bits per heavy atom. The highest BCUT2D eigenvalue weighted by Gasteiger charge is 2.19. The molecule has 0 aliphatic rings. The van der Waals surface area contributed by atoms with Gasteiger partial charge in [0.1, 0.15) is 0 Å². The molecule has 0 unspecified atom stereocenters. The molecule has 1 nitrogen and oxygen atoms in total. The van der Waals surface area contributed by atoms with Crippen molar-refractivity contribution in [3.05, 3.63) is 133 Å². The fraction of sp³-hybridized carbons (Fsp3) is 0. The highest BCUT2D eigenvalue weighted by atomic mass is 32.1. The monoisotopic (exact) mass is 543 g/mol. The Labute approximate surface area is 239 Å².